The number of amides is 1. The highest BCUT2D eigenvalue weighted by Gasteiger charge is 2.52. The third kappa shape index (κ3) is 3.89. The largest absolute Gasteiger partial charge is 0.428 e. The summed E-state index contributed by atoms with van der Waals surface area (Å²) in [6, 6.07) is 7.72. The molecule has 1 heterocycles. The van der Waals surface area contributed by atoms with Gasteiger partial charge in [-0.25, -0.2) is 4.98 Å². The summed E-state index contributed by atoms with van der Waals surface area (Å²) in [5.74, 6) is 3.01. The number of oxazole rings is 1. The summed E-state index contributed by atoms with van der Waals surface area (Å²) in [6.07, 6.45) is 14.4. The third-order valence-corrected chi connectivity index (χ3v) is 4.72. The molecule has 132 valence electrons. The van der Waals surface area contributed by atoms with Gasteiger partial charge >= 0.3 is 6.01 Å². The molecule has 0 saturated heterocycles. The monoisotopic (exact) mass is 366 g/mol. The van der Waals surface area contributed by atoms with Crippen LogP contribution in [0.15, 0.2) is 58.7 Å². The molecule has 1 aliphatic carbocycles. The van der Waals surface area contributed by atoms with Crippen LogP contribution in [0.25, 0.3) is 0 Å². The Morgan fingerprint density at radius 1 is 1.42 bits per heavy atom. The molecule has 1 saturated carbocycles. The van der Waals surface area contributed by atoms with Crippen molar-refractivity contribution in [3.05, 3.63) is 70.6 Å². The number of allylic oxidation sites excluding steroid dienone is 3. The zero-order valence-corrected chi connectivity index (χ0v) is 15.2. The van der Waals surface area contributed by atoms with Crippen LogP contribution in [0.1, 0.15) is 31.1 Å². The molecular formula is C21H19ClN2O2. The lowest BCUT2D eigenvalue weighted by atomic mass is 9.94. The molecule has 26 heavy (non-hydrogen) atoms. The normalized spacial score (nSPS) is 15.7. The number of nitrogens with one attached hydrogen (secondary N) is 1. The minimum absolute atomic E-state index is 0.118. The second kappa shape index (κ2) is 7.63. The van der Waals surface area contributed by atoms with Gasteiger partial charge < -0.3 is 4.42 Å². The van der Waals surface area contributed by atoms with Crippen LogP contribution in [0.2, 0.25) is 5.02 Å². The summed E-state index contributed by atoms with van der Waals surface area (Å²) >= 11 is 5.89. The molecule has 1 aliphatic rings. The number of halogens is 1. The molecule has 1 aromatic carbocycles. The van der Waals surface area contributed by atoms with Gasteiger partial charge in [-0.1, -0.05) is 35.7 Å². The van der Waals surface area contributed by atoms with Gasteiger partial charge in [0.05, 0.1) is 11.6 Å². The van der Waals surface area contributed by atoms with Crippen molar-refractivity contribution in [2.24, 2.45) is 5.41 Å². The number of rotatable bonds is 6. The summed E-state index contributed by atoms with van der Waals surface area (Å²) < 4.78 is 5.66. The minimum atomic E-state index is -0.535. The SMILES string of the molecule is C#C/C=C\C(=C/C)C1(C(=O)Nc2ncc(Cc3ccc(Cl)cc3)o2)CC1. The highest BCUT2D eigenvalue weighted by Crippen LogP contribution is 2.53. The molecule has 1 N–H and O–H groups in total. The van der Waals surface area contributed by atoms with Crippen molar-refractivity contribution in [1.29, 1.82) is 0 Å². The van der Waals surface area contributed by atoms with Gasteiger partial charge in [0, 0.05) is 11.4 Å². The summed E-state index contributed by atoms with van der Waals surface area (Å²) in [5.41, 5.74) is 1.44. The first-order chi connectivity index (χ1) is 12.6. The molecule has 0 bridgehead atoms. The maximum Gasteiger partial charge on any atom is 0.301 e. The first-order valence-electron chi connectivity index (χ1n) is 8.37. The predicted octanol–water partition coefficient (Wildman–Crippen LogP) is 4.77. The quantitative estimate of drug-likeness (QED) is 0.591. The lowest BCUT2D eigenvalue weighted by molar-refractivity contribution is -0.119. The highest BCUT2D eigenvalue weighted by molar-refractivity contribution is 6.30. The van der Waals surface area contributed by atoms with Gasteiger partial charge in [0.25, 0.3) is 0 Å². The van der Waals surface area contributed by atoms with Crippen LogP contribution in [0.5, 0.6) is 0 Å². The van der Waals surface area contributed by atoms with E-state index in [0.29, 0.717) is 17.2 Å². The molecule has 0 radical (unpaired) electrons. The van der Waals surface area contributed by atoms with Crippen LogP contribution in [-0.2, 0) is 11.2 Å². The van der Waals surface area contributed by atoms with Gasteiger partial charge in [-0.05, 0) is 55.2 Å². The van der Waals surface area contributed by atoms with Gasteiger partial charge in [0.1, 0.15) is 5.76 Å². The smallest absolute Gasteiger partial charge is 0.301 e. The Morgan fingerprint density at radius 2 is 2.15 bits per heavy atom. The fourth-order valence-electron chi connectivity index (χ4n) is 2.91. The average Bonchev–Trinajstić information content (AvgIpc) is 3.33. The molecular weight excluding hydrogens is 348 g/mol. The second-order valence-corrected chi connectivity index (χ2v) is 6.65. The van der Waals surface area contributed by atoms with Gasteiger partial charge in [0.15, 0.2) is 0 Å². The standard InChI is InChI=1S/C21H19ClN2O2/c1-3-5-6-16(4-2)21(11-12-21)19(25)24-20-23-14-18(26-20)13-15-7-9-17(22)10-8-15/h1,4-10,14H,11-13H2,2H3,(H,23,24,25)/b6-5-,16-4+. The summed E-state index contributed by atoms with van der Waals surface area (Å²) in [7, 11) is 0. The Labute approximate surface area is 158 Å². The van der Waals surface area contributed by atoms with Crippen molar-refractivity contribution < 1.29 is 9.21 Å². The summed E-state index contributed by atoms with van der Waals surface area (Å²) in [5, 5.41) is 3.47. The number of anilines is 1. The third-order valence-electron chi connectivity index (χ3n) is 4.47. The molecule has 1 aromatic heterocycles. The van der Waals surface area contributed by atoms with E-state index in [1.807, 2.05) is 43.3 Å². The number of aromatic nitrogens is 1. The maximum atomic E-state index is 12.7. The van der Waals surface area contributed by atoms with E-state index >= 15 is 0 Å². The van der Waals surface area contributed by atoms with Crippen LogP contribution in [0.3, 0.4) is 0 Å². The van der Waals surface area contributed by atoms with Crippen LogP contribution in [0.4, 0.5) is 6.01 Å². The van der Waals surface area contributed by atoms with Crippen molar-refractivity contribution in [3.63, 3.8) is 0 Å². The van der Waals surface area contributed by atoms with E-state index in [1.165, 1.54) is 0 Å². The molecule has 3 rings (SSSR count). The van der Waals surface area contributed by atoms with Crippen LogP contribution in [0, 0.1) is 17.8 Å². The van der Waals surface area contributed by atoms with Crippen molar-refractivity contribution in [3.8, 4) is 12.3 Å². The van der Waals surface area contributed by atoms with Crippen LogP contribution < -0.4 is 5.32 Å². The van der Waals surface area contributed by atoms with Crippen molar-refractivity contribution >= 4 is 23.5 Å². The van der Waals surface area contributed by atoms with E-state index in [9.17, 15) is 4.79 Å². The lowest BCUT2D eigenvalue weighted by Gasteiger charge is -2.14. The molecule has 4 nitrogen and oxygen atoms in total. The van der Waals surface area contributed by atoms with E-state index in [1.54, 1.807) is 12.3 Å². The Morgan fingerprint density at radius 3 is 2.77 bits per heavy atom. The van der Waals surface area contributed by atoms with Gasteiger partial charge in [0.2, 0.25) is 5.91 Å². The maximum absolute atomic E-state index is 12.7. The Hall–Kier alpha value is -2.77. The molecule has 2 aromatic rings. The van der Waals surface area contributed by atoms with E-state index in [4.69, 9.17) is 22.4 Å². The highest BCUT2D eigenvalue weighted by atomic mass is 35.5. The number of nitrogens with zero attached hydrogens (tertiary/aromatic N) is 1. The van der Waals surface area contributed by atoms with Crippen molar-refractivity contribution in [2.75, 3.05) is 5.32 Å². The van der Waals surface area contributed by atoms with E-state index in [0.717, 1.165) is 24.0 Å². The number of carbonyl (C=O) groups excluding carboxylic acids is 1. The molecule has 1 fully saturated rings. The van der Waals surface area contributed by atoms with Crippen molar-refractivity contribution in [1.82, 2.24) is 4.98 Å². The number of hydrogen-bond donors (Lipinski definition) is 1. The zero-order chi connectivity index (χ0) is 18.6. The molecule has 0 atom stereocenters. The second-order valence-electron chi connectivity index (χ2n) is 6.22. The fourth-order valence-corrected chi connectivity index (χ4v) is 3.03. The number of terminal acetylenes is 1. The minimum Gasteiger partial charge on any atom is -0.428 e. The predicted molar refractivity (Wildman–Crippen MR) is 103 cm³/mol. The first kappa shape index (κ1) is 18.0. The Balaban J connectivity index is 1.67. The molecule has 0 unspecified atom stereocenters. The van der Waals surface area contributed by atoms with E-state index in [-0.39, 0.29) is 11.9 Å². The molecule has 0 aliphatic heterocycles. The average molecular weight is 367 g/mol. The number of benzene rings is 1. The van der Waals surface area contributed by atoms with E-state index < -0.39 is 5.41 Å². The molecule has 1 amide bonds. The van der Waals surface area contributed by atoms with E-state index in [2.05, 4.69) is 16.2 Å². The number of hydrogen-bond acceptors (Lipinski definition) is 3. The lowest BCUT2D eigenvalue weighted by Crippen LogP contribution is -2.25. The van der Waals surface area contributed by atoms with Gasteiger partial charge in [-0.2, -0.15) is 0 Å². The van der Waals surface area contributed by atoms with Crippen LogP contribution in [-0.4, -0.2) is 10.9 Å². The number of carbonyl (C=O) groups is 1. The Kier molecular flexibility index (Phi) is 5.29. The zero-order valence-electron chi connectivity index (χ0n) is 14.5. The Bertz CT molecular complexity index is 897. The van der Waals surface area contributed by atoms with Crippen LogP contribution >= 0.6 is 11.6 Å². The van der Waals surface area contributed by atoms with Gasteiger partial charge in [-0.15, -0.1) is 6.42 Å². The topological polar surface area (TPSA) is 55.1 Å². The first-order valence-corrected chi connectivity index (χ1v) is 8.75. The van der Waals surface area contributed by atoms with Gasteiger partial charge in [-0.3, -0.25) is 10.1 Å². The summed E-state index contributed by atoms with van der Waals surface area (Å²) in [4.78, 5) is 16.9. The fraction of sp³-hybridized carbons (Fsp3) is 0.238. The van der Waals surface area contributed by atoms with Crippen molar-refractivity contribution in [2.45, 2.75) is 26.2 Å². The summed E-state index contributed by atoms with van der Waals surface area (Å²) in [6.45, 7) is 1.90. The molecule has 0 spiro atoms. The molecule has 5 heteroatoms.